The largest absolute Gasteiger partial charge is 0.462 e. The van der Waals surface area contributed by atoms with Crippen molar-refractivity contribution in [3.8, 4) is 0 Å². The standard InChI is InChI=1S/C75H130O6/c1-4-7-10-13-16-19-22-25-27-29-31-32-33-34-35-36-37-38-39-40-41-42-44-45-47-50-53-56-59-62-65-68-74(77)80-71-72(70-79-73(76)67-64-61-58-55-52-49-24-21-18-15-12-9-6-3)81-75(78)69-66-63-60-57-54-51-48-46-43-30-28-26-23-20-17-14-11-8-5-2/h7,10,16,19,25-28,31-32,34-35,37-38,40-41,72H,4-6,8-9,11-15,17-18,20-24,29-30,33,36,39,42-71H2,1-3H3/b10-7-,19-16-,27-25-,28-26-,32-31-,35-34-,38-37-,41-40-. The van der Waals surface area contributed by atoms with E-state index in [1.165, 1.54) is 193 Å². The van der Waals surface area contributed by atoms with Crippen LogP contribution in [0.1, 0.15) is 342 Å². The Morgan fingerprint density at radius 2 is 0.481 bits per heavy atom. The number of allylic oxidation sites excluding steroid dienone is 16. The van der Waals surface area contributed by atoms with Crippen molar-refractivity contribution in [1.29, 1.82) is 0 Å². The lowest BCUT2D eigenvalue weighted by Crippen LogP contribution is -2.30. The summed E-state index contributed by atoms with van der Waals surface area (Å²) in [6.07, 6.45) is 92.8. The Bertz CT molecular complexity index is 1580. The van der Waals surface area contributed by atoms with Crippen molar-refractivity contribution in [2.24, 2.45) is 0 Å². The minimum Gasteiger partial charge on any atom is -0.462 e. The molecule has 0 N–H and O–H groups in total. The Labute approximate surface area is 502 Å². The number of hydrogen-bond acceptors (Lipinski definition) is 6. The zero-order chi connectivity index (χ0) is 58.5. The summed E-state index contributed by atoms with van der Waals surface area (Å²) in [6.45, 7) is 6.55. The van der Waals surface area contributed by atoms with Crippen LogP contribution in [-0.4, -0.2) is 37.2 Å². The van der Waals surface area contributed by atoms with Crippen molar-refractivity contribution in [2.45, 2.75) is 348 Å². The van der Waals surface area contributed by atoms with Crippen molar-refractivity contribution in [1.82, 2.24) is 0 Å². The zero-order valence-electron chi connectivity index (χ0n) is 53.5. The van der Waals surface area contributed by atoms with Gasteiger partial charge in [-0.1, -0.05) is 317 Å². The highest BCUT2D eigenvalue weighted by Gasteiger charge is 2.19. The first-order valence-corrected chi connectivity index (χ1v) is 34.7. The number of esters is 3. The summed E-state index contributed by atoms with van der Waals surface area (Å²) in [7, 11) is 0. The third-order valence-electron chi connectivity index (χ3n) is 15.1. The molecule has 0 aromatic heterocycles. The van der Waals surface area contributed by atoms with E-state index in [-0.39, 0.29) is 31.1 Å². The van der Waals surface area contributed by atoms with E-state index < -0.39 is 6.10 Å². The second-order valence-electron chi connectivity index (χ2n) is 23.1. The number of carbonyl (C=O) groups excluding carboxylic acids is 3. The maximum absolute atomic E-state index is 12.9. The van der Waals surface area contributed by atoms with Gasteiger partial charge in [-0.25, -0.2) is 0 Å². The van der Waals surface area contributed by atoms with Crippen LogP contribution in [0, 0.1) is 0 Å². The van der Waals surface area contributed by atoms with E-state index in [2.05, 4.69) is 118 Å². The van der Waals surface area contributed by atoms with E-state index in [4.69, 9.17) is 14.2 Å². The van der Waals surface area contributed by atoms with Gasteiger partial charge in [0, 0.05) is 19.3 Å². The number of hydrogen-bond donors (Lipinski definition) is 0. The van der Waals surface area contributed by atoms with Gasteiger partial charge in [0.1, 0.15) is 13.2 Å². The van der Waals surface area contributed by atoms with Gasteiger partial charge >= 0.3 is 17.9 Å². The van der Waals surface area contributed by atoms with Crippen LogP contribution in [0.3, 0.4) is 0 Å². The summed E-state index contributed by atoms with van der Waals surface area (Å²) >= 11 is 0. The minimum absolute atomic E-state index is 0.0758. The van der Waals surface area contributed by atoms with E-state index >= 15 is 0 Å². The van der Waals surface area contributed by atoms with Gasteiger partial charge in [0.05, 0.1) is 0 Å². The first kappa shape index (κ1) is 77.3. The molecule has 0 aliphatic carbocycles. The summed E-state index contributed by atoms with van der Waals surface area (Å²) in [5.41, 5.74) is 0. The highest BCUT2D eigenvalue weighted by molar-refractivity contribution is 5.71. The SMILES string of the molecule is CC/C=C\C/C=C\C/C=C\C/C=C\C/C=C\C/C=C\C/C=C\CCCCCCCCCCCC(=O)OCC(COC(=O)CCCCCCCCCCCCCCC)OC(=O)CCCCCCCCCCC/C=C\CCCCCCCC. The van der Waals surface area contributed by atoms with Crippen molar-refractivity contribution < 1.29 is 28.6 Å². The summed E-state index contributed by atoms with van der Waals surface area (Å²) in [6, 6.07) is 0. The molecule has 0 fully saturated rings. The van der Waals surface area contributed by atoms with Gasteiger partial charge in [0.15, 0.2) is 6.10 Å². The van der Waals surface area contributed by atoms with E-state index in [1.807, 2.05) is 0 Å². The molecule has 1 unspecified atom stereocenters. The third-order valence-corrected chi connectivity index (χ3v) is 15.1. The number of carbonyl (C=O) groups is 3. The van der Waals surface area contributed by atoms with E-state index in [9.17, 15) is 14.4 Å². The molecule has 0 amide bonds. The van der Waals surface area contributed by atoms with Crippen molar-refractivity contribution in [3.05, 3.63) is 97.2 Å². The monoisotopic (exact) mass is 1130 g/mol. The Balaban J connectivity index is 4.28. The Hall–Kier alpha value is -3.67. The Kier molecular flexibility index (Phi) is 65.7. The molecule has 0 aromatic rings. The minimum atomic E-state index is -0.780. The molecule has 6 nitrogen and oxygen atoms in total. The van der Waals surface area contributed by atoms with Crippen LogP contribution in [0.2, 0.25) is 0 Å². The van der Waals surface area contributed by atoms with Gasteiger partial charge in [0.2, 0.25) is 0 Å². The summed E-state index contributed by atoms with van der Waals surface area (Å²) in [5.74, 6) is -0.868. The average molecular weight is 1130 g/mol. The molecule has 6 heteroatoms. The van der Waals surface area contributed by atoms with Crippen LogP contribution in [-0.2, 0) is 28.6 Å². The number of rotatable bonds is 63. The van der Waals surface area contributed by atoms with Crippen LogP contribution in [0.5, 0.6) is 0 Å². The van der Waals surface area contributed by atoms with Gasteiger partial charge in [-0.2, -0.15) is 0 Å². The molecule has 0 rings (SSSR count). The molecule has 0 spiro atoms. The smallest absolute Gasteiger partial charge is 0.306 e. The van der Waals surface area contributed by atoms with Crippen LogP contribution < -0.4 is 0 Å². The van der Waals surface area contributed by atoms with Gasteiger partial charge in [0.25, 0.3) is 0 Å². The molecule has 0 heterocycles. The Morgan fingerprint density at radius 1 is 0.259 bits per heavy atom. The van der Waals surface area contributed by atoms with Gasteiger partial charge in [-0.3, -0.25) is 14.4 Å². The Morgan fingerprint density at radius 3 is 0.765 bits per heavy atom. The first-order chi connectivity index (χ1) is 40.0. The van der Waals surface area contributed by atoms with Gasteiger partial charge < -0.3 is 14.2 Å². The number of unbranched alkanes of at least 4 members (excludes halogenated alkanes) is 36. The van der Waals surface area contributed by atoms with E-state index in [0.717, 1.165) is 109 Å². The molecule has 0 aromatic carbocycles. The van der Waals surface area contributed by atoms with Crippen molar-refractivity contribution in [2.75, 3.05) is 13.2 Å². The highest BCUT2D eigenvalue weighted by atomic mass is 16.6. The van der Waals surface area contributed by atoms with E-state index in [0.29, 0.717) is 19.3 Å². The molecular formula is C75H130O6. The van der Waals surface area contributed by atoms with Gasteiger partial charge in [-0.05, 0) is 103 Å². The van der Waals surface area contributed by atoms with Crippen LogP contribution in [0.4, 0.5) is 0 Å². The molecule has 0 aliphatic rings. The first-order valence-electron chi connectivity index (χ1n) is 34.7. The fraction of sp³-hybridized carbons (Fsp3) is 0.747. The molecule has 466 valence electrons. The normalized spacial score (nSPS) is 12.7. The second-order valence-corrected chi connectivity index (χ2v) is 23.1. The molecular weight excluding hydrogens is 997 g/mol. The topological polar surface area (TPSA) is 78.9 Å². The fourth-order valence-corrected chi connectivity index (χ4v) is 9.89. The maximum atomic E-state index is 12.9. The quantitative estimate of drug-likeness (QED) is 0.0261. The summed E-state index contributed by atoms with van der Waals surface area (Å²) in [5, 5.41) is 0. The maximum Gasteiger partial charge on any atom is 0.306 e. The van der Waals surface area contributed by atoms with Crippen LogP contribution in [0.15, 0.2) is 97.2 Å². The van der Waals surface area contributed by atoms with Crippen molar-refractivity contribution in [3.63, 3.8) is 0 Å². The molecule has 0 radical (unpaired) electrons. The molecule has 81 heavy (non-hydrogen) atoms. The lowest BCUT2D eigenvalue weighted by Gasteiger charge is -2.18. The fourth-order valence-electron chi connectivity index (χ4n) is 9.89. The number of ether oxygens (including phenoxy) is 3. The van der Waals surface area contributed by atoms with Crippen LogP contribution in [0.25, 0.3) is 0 Å². The van der Waals surface area contributed by atoms with Crippen LogP contribution >= 0.6 is 0 Å². The molecule has 0 saturated carbocycles. The highest BCUT2D eigenvalue weighted by Crippen LogP contribution is 2.17. The average Bonchev–Trinajstić information content (AvgIpc) is 3.46. The summed E-state index contributed by atoms with van der Waals surface area (Å²) in [4.78, 5) is 38.4. The molecule has 0 saturated heterocycles. The predicted octanol–water partition coefficient (Wildman–Crippen LogP) is 24.0. The molecule has 0 bridgehead atoms. The lowest BCUT2D eigenvalue weighted by atomic mass is 10.0. The summed E-state index contributed by atoms with van der Waals surface area (Å²) < 4.78 is 17.0. The molecule has 1 atom stereocenters. The van der Waals surface area contributed by atoms with Crippen molar-refractivity contribution >= 4 is 17.9 Å². The molecule has 0 aliphatic heterocycles. The third kappa shape index (κ3) is 67.0. The van der Waals surface area contributed by atoms with Gasteiger partial charge in [-0.15, -0.1) is 0 Å². The lowest BCUT2D eigenvalue weighted by molar-refractivity contribution is -0.167. The second kappa shape index (κ2) is 68.8. The predicted molar refractivity (Wildman–Crippen MR) is 353 cm³/mol. The van der Waals surface area contributed by atoms with E-state index in [1.54, 1.807) is 0 Å². The zero-order valence-corrected chi connectivity index (χ0v) is 53.5.